The van der Waals surface area contributed by atoms with Crippen LogP contribution in [0.2, 0.25) is 0 Å². The second kappa shape index (κ2) is 11.4. The lowest BCUT2D eigenvalue weighted by Crippen LogP contribution is -2.26. The number of aromatic nitrogens is 1. The van der Waals surface area contributed by atoms with Gasteiger partial charge in [-0.1, -0.05) is 30.3 Å². The molecule has 2 aromatic carbocycles. The third-order valence-corrected chi connectivity index (χ3v) is 5.69. The van der Waals surface area contributed by atoms with Crippen molar-refractivity contribution < 1.29 is 9.53 Å². The summed E-state index contributed by atoms with van der Waals surface area (Å²) in [7, 11) is 0. The normalized spacial score (nSPS) is 14.5. The number of carbonyl (C=O) groups is 1. The fourth-order valence-electron chi connectivity index (χ4n) is 3.96. The number of pyridine rings is 1. The quantitative estimate of drug-likeness (QED) is 0.649. The molecule has 32 heavy (non-hydrogen) atoms. The van der Waals surface area contributed by atoms with E-state index in [-0.39, 0.29) is 5.91 Å². The molecule has 4 rings (SSSR count). The maximum atomic E-state index is 12.8. The molecule has 1 aromatic heterocycles. The van der Waals surface area contributed by atoms with E-state index in [1.165, 1.54) is 11.1 Å². The zero-order valence-electron chi connectivity index (χ0n) is 18.5. The predicted octanol–water partition coefficient (Wildman–Crippen LogP) is 4.30. The van der Waals surface area contributed by atoms with Gasteiger partial charge >= 0.3 is 0 Å². The Morgan fingerprint density at radius 2 is 1.94 bits per heavy atom. The molecule has 1 aliphatic heterocycles. The predicted molar refractivity (Wildman–Crippen MR) is 127 cm³/mol. The van der Waals surface area contributed by atoms with Crippen LogP contribution in [0.15, 0.2) is 66.9 Å². The van der Waals surface area contributed by atoms with Crippen LogP contribution in [0, 0.1) is 0 Å². The minimum absolute atomic E-state index is 0.0684. The molecule has 0 saturated heterocycles. The minimum Gasteiger partial charge on any atom is -0.493 e. The standard InChI is InChI=1S/C27H31N3O2/c31-27(30-15-12-25-9-2-4-14-29-25)23-10-11-26-24(19-23)18-21-7-6-8-22(17-21)20-28-13-3-1-5-16-32-26/h2,4,6-11,14,17,19,28H,1,3,5,12-13,15-16,18,20H2,(H,30,31). The van der Waals surface area contributed by atoms with Crippen molar-refractivity contribution in [2.75, 3.05) is 19.7 Å². The van der Waals surface area contributed by atoms with Crippen molar-refractivity contribution in [2.45, 2.75) is 38.6 Å². The highest BCUT2D eigenvalue weighted by Crippen LogP contribution is 2.24. The lowest BCUT2D eigenvalue weighted by atomic mass is 9.99. The van der Waals surface area contributed by atoms with Crippen LogP contribution in [0.5, 0.6) is 5.75 Å². The van der Waals surface area contributed by atoms with Gasteiger partial charge in [-0.3, -0.25) is 9.78 Å². The van der Waals surface area contributed by atoms with Gasteiger partial charge in [-0.2, -0.15) is 0 Å². The zero-order chi connectivity index (χ0) is 22.0. The first kappa shape index (κ1) is 22.0. The van der Waals surface area contributed by atoms with E-state index in [0.717, 1.165) is 55.8 Å². The molecule has 0 spiro atoms. The van der Waals surface area contributed by atoms with E-state index in [2.05, 4.69) is 39.9 Å². The molecule has 0 fully saturated rings. The summed E-state index contributed by atoms with van der Waals surface area (Å²) in [5.74, 6) is 0.803. The molecule has 2 N–H and O–H groups in total. The maximum Gasteiger partial charge on any atom is 0.251 e. The smallest absolute Gasteiger partial charge is 0.251 e. The van der Waals surface area contributed by atoms with Gasteiger partial charge in [0, 0.05) is 43.4 Å². The van der Waals surface area contributed by atoms with Crippen LogP contribution in [0.4, 0.5) is 0 Å². The monoisotopic (exact) mass is 429 g/mol. The summed E-state index contributed by atoms with van der Waals surface area (Å²) in [6.07, 6.45) is 6.53. The molecule has 166 valence electrons. The first-order valence-electron chi connectivity index (χ1n) is 11.5. The highest BCUT2D eigenvalue weighted by Gasteiger charge is 2.12. The van der Waals surface area contributed by atoms with E-state index in [9.17, 15) is 4.79 Å². The van der Waals surface area contributed by atoms with Crippen molar-refractivity contribution in [1.29, 1.82) is 0 Å². The summed E-state index contributed by atoms with van der Waals surface area (Å²) in [5.41, 5.74) is 5.18. The SMILES string of the molecule is O=C(NCCc1ccccn1)c1ccc2c(c1)Cc1cccc(c1)CNCCCCCO2. The summed E-state index contributed by atoms with van der Waals surface area (Å²) in [6.45, 7) is 3.16. The number of nitrogens with one attached hydrogen (secondary N) is 2. The molecule has 5 nitrogen and oxygen atoms in total. The molecular formula is C27H31N3O2. The molecule has 2 heterocycles. The van der Waals surface area contributed by atoms with Gasteiger partial charge in [0.25, 0.3) is 5.91 Å². The van der Waals surface area contributed by atoms with E-state index < -0.39 is 0 Å². The van der Waals surface area contributed by atoms with Crippen molar-refractivity contribution in [2.24, 2.45) is 0 Å². The zero-order valence-corrected chi connectivity index (χ0v) is 18.5. The number of amides is 1. The average molecular weight is 430 g/mol. The van der Waals surface area contributed by atoms with Gasteiger partial charge in [-0.05, 0) is 72.8 Å². The first-order valence-corrected chi connectivity index (χ1v) is 11.5. The Morgan fingerprint density at radius 3 is 2.84 bits per heavy atom. The number of benzene rings is 2. The molecular weight excluding hydrogens is 398 g/mol. The Morgan fingerprint density at radius 1 is 1.00 bits per heavy atom. The Labute approximate surface area is 190 Å². The number of hydrogen-bond donors (Lipinski definition) is 2. The number of ether oxygens (including phenoxy) is 1. The third kappa shape index (κ3) is 6.41. The summed E-state index contributed by atoms with van der Waals surface area (Å²) in [4.78, 5) is 17.1. The Bertz CT molecular complexity index is 1020. The number of hydrogen-bond acceptors (Lipinski definition) is 4. The largest absolute Gasteiger partial charge is 0.493 e. The van der Waals surface area contributed by atoms with Crippen LogP contribution in [0.3, 0.4) is 0 Å². The van der Waals surface area contributed by atoms with Crippen LogP contribution in [0.25, 0.3) is 0 Å². The van der Waals surface area contributed by atoms with Gasteiger partial charge < -0.3 is 15.4 Å². The van der Waals surface area contributed by atoms with E-state index in [1.807, 2.05) is 36.4 Å². The van der Waals surface area contributed by atoms with Gasteiger partial charge in [0.1, 0.15) is 5.75 Å². The maximum absolute atomic E-state index is 12.8. The highest BCUT2D eigenvalue weighted by atomic mass is 16.5. The molecule has 2 bridgehead atoms. The van der Waals surface area contributed by atoms with Crippen LogP contribution in [0.1, 0.15) is 52.0 Å². The topological polar surface area (TPSA) is 63.2 Å². The number of nitrogens with zero attached hydrogens (tertiary/aromatic N) is 1. The molecule has 0 unspecified atom stereocenters. The fourth-order valence-corrected chi connectivity index (χ4v) is 3.96. The average Bonchev–Trinajstić information content (AvgIpc) is 2.82. The van der Waals surface area contributed by atoms with E-state index >= 15 is 0 Å². The van der Waals surface area contributed by atoms with Gasteiger partial charge in [0.15, 0.2) is 0 Å². The third-order valence-electron chi connectivity index (χ3n) is 5.69. The van der Waals surface area contributed by atoms with Crippen molar-refractivity contribution in [3.05, 3.63) is 94.8 Å². The second-order valence-corrected chi connectivity index (χ2v) is 8.23. The first-order chi connectivity index (χ1) is 15.8. The fraction of sp³-hybridized carbons (Fsp3) is 0.333. The van der Waals surface area contributed by atoms with Gasteiger partial charge in [-0.15, -0.1) is 0 Å². The molecule has 0 radical (unpaired) electrons. The van der Waals surface area contributed by atoms with Gasteiger partial charge in [0.2, 0.25) is 0 Å². The minimum atomic E-state index is -0.0684. The summed E-state index contributed by atoms with van der Waals surface area (Å²) in [6, 6.07) is 20.2. The molecule has 3 aromatic rings. The van der Waals surface area contributed by atoms with Crippen molar-refractivity contribution >= 4 is 5.91 Å². The highest BCUT2D eigenvalue weighted by molar-refractivity contribution is 5.94. The molecule has 0 atom stereocenters. The van der Waals surface area contributed by atoms with E-state index in [0.29, 0.717) is 25.1 Å². The summed E-state index contributed by atoms with van der Waals surface area (Å²) >= 11 is 0. The number of carbonyl (C=O) groups excluding carboxylic acids is 1. The molecule has 0 saturated carbocycles. The molecule has 0 aliphatic carbocycles. The van der Waals surface area contributed by atoms with Crippen molar-refractivity contribution in [3.63, 3.8) is 0 Å². The Balaban J connectivity index is 1.49. The van der Waals surface area contributed by atoms with E-state index in [1.54, 1.807) is 6.20 Å². The van der Waals surface area contributed by atoms with Crippen LogP contribution in [-0.2, 0) is 19.4 Å². The van der Waals surface area contributed by atoms with Crippen molar-refractivity contribution in [1.82, 2.24) is 15.6 Å². The Hall–Kier alpha value is -3.18. The van der Waals surface area contributed by atoms with Gasteiger partial charge in [0.05, 0.1) is 6.61 Å². The lowest BCUT2D eigenvalue weighted by Gasteiger charge is -2.15. The summed E-state index contributed by atoms with van der Waals surface area (Å²) in [5, 5.41) is 6.54. The van der Waals surface area contributed by atoms with Gasteiger partial charge in [-0.25, -0.2) is 0 Å². The number of rotatable bonds is 4. The van der Waals surface area contributed by atoms with E-state index in [4.69, 9.17) is 4.74 Å². The Kier molecular flexibility index (Phi) is 7.88. The second-order valence-electron chi connectivity index (χ2n) is 8.23. The number of fused-ring (bicyclic) bond motifs is 3. The van der Waals surface area contributed by atoms with Crippen molar-refractivity contribution in [3.8, 4) is 5.75 Å². The molecule has 1 amide bonds. The lowest BCUT2D eigenvalue weighted by molar-refractivity contribution is 0.0954. The van der Waals surface area contributed by atoms with Crippen LogP contribution in [-0.4, -0.2) is 30.6 Å². The molecule has 1 aliphatic rings. The van der Waals surface area contributed by atoms with Crippen LogP contribution >= 0.6 is 0 Å². The molecule has 5 heteroatoms. The summed E-state index contributed by atoms with van der Waals surface area (Å²) < 4.78 is 6.12. The van der Waals surface area contributed by atoms with Crippen LogP contribution < -0.4 is 15.4 Å².